The second-order valence-corrected chi connectivity index (χ2v) is 18.1. The van der Waals surface area contributed by atoms with Gasteiger partial charge in [0, 0.05) is 32.7 Å². The van der Waals surface area contributed by atoms with Crippen molar-refractivity contribution in [1.29, 1.82) is 0 Å². The number of aliphatic hydroxyl groups is 1. The number of amides is 3. The molecule has 0 aromatic carbocycles. The predicted molar refractivity (Wildman–Crippen MR) is 173 cm³/mol. The molecule has 5 N–H and O–H groups in total. The summed E-state index contributed by atoms with van der Waals surface area (Å²) in [5.41, 5.74) is -0.877. The number of aliphatic hydroxyl groups excluding tert-OH is 1. The molecule has 0 bridgehead atoms. The zero-order valence-corrected chi connectivity index (χ0v) is 29.6. The van der Waals surface area contributed by atoms with Gasteiger partial charge in [-0.2, -0.15) is 0 Å². The molecule has 46 heavy (non-hydrogen) atoms. The lowest BCUT2D eigenvalue weighted by Gasteiger charge is -2.49. The van der Waals surface area contributed by atoms with Gasteiger partial charge < -0.3 is 20.6 Å². The predicted octanol–water partition coefficient (Wildman–Crippen LogP) is 0.389. The first-order valence-corrected chi connectivity index (χ1v) is 18.4. The molecule has 3 amide bonds. The Morgan fingerprint density at radius 3 is 2.22 bits per heavy atom. The summed E-state index contributed by atoms with van der Waals surface area (Å²) in [6, 6.07) is -3.08. The second-order valence-electron chi connectivity index (χ2n) is 16.0. The summed E-state index contributed by atoms with van der Waals surface area (Å²) in [6.45, 7) is 14.7. The van der Waals surface area contributed by atoms with Crippen LogP contribution in [0.15, 0.2) is 0 Å². The van der Waals surface area contributed by atoms with Crippen molar-refractivity contribution in [2.45, 2.75) is 111 Å². The van der Waals surface area contributed by atoms with E-state index in [2.05, 4.69) is 35.1 Å². The van der Waals surface area contributed by atoms with Crippen LogP contribution in [0.3, 0.4) is 0 Å². The largest absolute Gasteiger partial charge is 0.365 e. The Bertz CT molecular complexity index is 1280. The van der Waals surface area contributed by atoms with E-state index in [9.17, 15) is 32.7 Å². The Kier molecular flexibility index (Phi) is 11.0. The average Bonchev–Trinajstić information content (AvgIpc) is 3.61. The summed E-state index contributed by atoms with van der Waals surface area (Å²) in [6.07, 6.45) is 2.36. The number of Topliss-reactive ketones (excluding diaryl/α,β-unsaturated/α-hetero) is 1. The van der Waals surface area contributed by atoms with E-state index >= 15 is 0 Å². The van der Waals surface area contributed by atoms with Crippen molar-refractivity contribution in [1.82, 2.24) is 30.5 Å². The highest BCUT2D eigenvalue weighted by Gasteiger charge is 2.61. The van der Waals surface area contributed by atoms with Gasteiger partial charge in [0.1, 0.15) is 6.04 Å². The summed E-state index contributed by atoms with van der Waals surface area (Å²) in [5, 5.41) is 22.6. The molecule has 0 aromatic heterocycles. The molecule has 13 nitrogen and oxygen atoms in total. The fourth-order valence-corrected chi connectivity index (χ4v) is 9.21. The SMILES string of the molecule is CNC(=O)C(=O)C(CC1CC1)NC(=O)[C@@H]1[C@@H]2[C@H](CN1C(=O)[C@@H](NC(O)N[C@H](CN1CCCS1(=O)=O)C(C)C)C(C)(C)C)CC2(C)C. The molecule has 2 unspecified atom stereocenters. The standard InChI is InChI=1S/C32H56N6O7S/c1-18(2)22(17-37-12-9-13-46(37,44)45)35-30(43)36-26(31(3,4)5)29(42)38-16-20-15-32(6,7)23(20)24(38)27(40)34-21(14-19-10-11-19)25(39)28(41)33-8/h18-24,26,30,35-36,43H,9-17H2,1-8H3,(H,33,41)(H,34,40)/t20-,21?,22+,23-,24-,26+,30?/m0/s1. The van der Waals surface area contributed by atoms with Crippen molar-refractivity contribution in [2.75, 3.05) is 32.4 Å². The molecule has 4 aliphatic rings. The molecular formula is C32H56N6O7S. The summed E-state index contributed by atoms with van der Waals surface area (Å²) in [4.78, 5) is 55.3. The molecule has 2 aliphatic carbocycles. The van der Waals surface area contributed by atoms with Crippen molar-refractivity contribution in [3.63, 3.8) is 0 Å². The molecule has 14 heteroatoms. The Morgan fingerprint density at radius 2 is 1.72 bits per heavy atom. The van der Waals surface area contributed by atoms with Gasteiger partial charge in [0.2, 0.25) is 27.6 Å². The topological polar surface area (TPSA) is 177 Å². The van der Waals surface area contributed by atoms with E-state index in [1.165, 1.54) is 11.4 Å². The molecule has 4 rings (SSSR count). The van der Waals surface area contributed by atoms with E-state index in [0.717, 1.165) is 19.3 Å². The van der Waals surface area contributed by atoms with Crippen LogP contribution >= 0.6 is 0 Å². The molecule has 0 radical (unpaired) electrons. The number of carbonyl (C=O) groups excluding carboxylic acids is 4. The van der Waals surface area contributed by atoms with Gasteiger partial charge in [0.05, 0.1) is 17.8 Å². The van der Waals surface area contributed by atoms with Crippen molar-refractivity contribution in [3.05, 3.63) is 0 Å². The fraction of sp³-hybridized carbons (Fsp3) is 0.875. The molecule has 4 fully saturated rings. The van der Waals surface area contributed by atoms with Gasteiger partial charge in [-0.25, -0.2) is 12.7 Å². The minimum Gasteiger partial charge on any atom is -0.365 e. The van der Waals surface area contributed by atoms with Gasteiger partial charge in [0.25, 0.3) is 5.91 Å². The van der Waals surface area contributed by atoms with Crippen LogP contribution in [0.25, 0.3) is 0 Å². The molecule has 2 aliphatic heterocycles. The van der Waals surface area contributed by atoms with E-state index < -0.39 is 57.5 Å². The van der Waals surface area contributed by atoms with Crippen molar-refractivity contribution >= 4 is 33.5 Å². The molecule has 262 valence electrons. The lowest BCUT2D eigenvalue weighted by Crippen LogP contribution is -2.64. The smallest absolute Gasteiger partial charge is 0.289 e. The number of nitrogens with one attached hydrogen (secondary N) is 4. The van der Waals surface area contributed by atoms with Crippen LogP contribution in [-0.2, 0) is 29.2 Å². The van der Waals surface area contributed by atoms with Crippen LogP contribution in [-0.4, -0.2) is 109 Å². The number of fused-ring (bicyclic) bond motifs is 1. The Hall–Kier alpha value is -2.13. The van der Waals surface area contributed by atoms with Crippen LogP contribution in [0.4, 0.5) is 0 Å². The maximum absolute atomic E-state index is 14.4. The average molecular weight is 669 g/mol. The third-order valence-electron chi connectivity index (χ3n) is 10.4. The minimum absolute atomic E-state index is 0.0124. The highest BCUT2D eigenvalue weighted by atomic mass is 32.2. The van der Waals surface area contributed by atoms with Gasteiger partial charge in [0.15, 0.2) is 6.35 Å². The van der Waals surface area contributed by atoms with Crippen LogP contribution in [0, 0.1) is 34.5 Å². The molecule has 2 heterocycles. The first-order valence-electron chi connectivity index (χ1n) is 16.8. The highest BCUT2D eigenvalue weighted by molar-refractivity contribution is 7.89. The number of ketones is 1. The van der Waals surface area contributed by atoms with Crippen LogP contribution in [0.2, 0.25) is 0 Å². The van der Waals surface area contributed by atoms with Crippen molar-refractivity contribution in [2.24, 2.45) is 34.5 Å². The van der Waals surface area contributed by atoms with Crippen LogP contribution in [0.1, 0.15) is 80.6 Å². The van der Waals surface area contributed by atoms with Crippen LogP contribution < -0.4 is 21.3 Å². The second kappa shape index (κ2) is 13.8. The molecule has 7 atom stereocenters. The quantitative estimate of drug-likeness (QED) is 0.129. The number of sulfonamides is 1. The molecule has 2 saturated heterocycles. The maximum atomic E-state index is 14.4. The Balaban J connectivity index is 1.53. The Labute approximate surface area is 274 Å². The van der Waals surface area contributed by atoms with Gasteiger partial charge in [-0.1, -0.05) is 61.3 Å². The van der Waals surface area contributed by atoms with Crippen molar-refractivity contribution < 1.29 is 32.7 Å². The summed E-state index contributed by atoms with van der Waals surface area (Å²) >= 11 is 0. The number of likely N-dealkylation sites (N-methyl/N-ethyl adjacent to an activating group) is 1. The van der Waals surface area contributed by atoms with E-state index in [0.29, 0.717) is 25.9 Å². The molecule has 0 spiro atoms. The highest BCUT2D eigenvalue weighted by Crippen LogP contribution is 2.57. The van der Waals surface area contributed by atoms with E-state index in [4.69, 9.17) is 0 Å². The third kappa shape index (κ3) is 8.11. The number of hydrogen-bond donors (Lipinski definition) is 5. The zero-order chi connectivity index (χ0) is 34.4. The van der Waals surface area contributed by atoms with Crippen LogP contribution in [0.5, 0.6) is 0 Å². The van der Waals surface area contributed by atoms with E-state index in [-0.39, 0.29) is 53.3 Å². The van der Waals surface area contributed by atoms with E-state index in [1.807, 2.05) is 34.6 Å². The molecular weight excluding hydrogens is 612 g/mol. The summed E-state index contributed by atoms with van der Waals surface area (Å²) in [7, 11) is -1.94. The summed E-state index contributed by atoms with van der Waals surface area (Å²) < 4.78 is 26.3. The zero-order valence-electron chi connectivity index (χ0n) is 28.8. The Morgan fingerprint density at radius 1 is 1.07 bits per heavy atom. The number of likely N-dealkylation sites (tertiary alicyclic amines) is 1. The first-order chi connectivity index (χ1) is 21.3. The number of carbonyl (C=O) groups is 4. The fourth-order valence-electron chi connectivity index (χ4n) is 7.67. The minimum atomic E-state index is -3.33. The van der Waals surface area contributed by atoms with Gasteiger partial charge in [-0.15, -0.1) is 0 Å². The number of rotatable bonds is 14. The summed E-state index contributed by atoms with van der Waals surface area (Å²) in [5.74, 6) is -1.84. The maximum Gasteiger partial charge on any atom is 0.289 e. The lowest BCUT2D eigenvalue weighted by atomic mass is 9.55. The number of hydrogen-bond acceptors (Lipinski definition) is 9. The lowest BCUT2D eigenvalue weighted by molar-refractivity contribution is -0.147. The van der Waals surface area contributed by atoms with E-state index in [1.54, 1.807) is 4.90 Å². The van der Waals surface area contributed by atoms with Gasteiger partial charge >= 0.3 is 0 Å². The molecule has 0 aromatic rings. The van der Waals surface area contributed by atoms with Gasteiger partial charge in [-0.05, 0) is 53.8 Å². The molecule has 2 saturated carbocycles. The third-order valence-corrected chi connectivity index (χ3v) is 12.3. The van der Waals surface area contributed by atoms with Gasteiger partial charge in [-0.3, -0.25) is 29.8 Å². The van der Waals surface area contributed by atoms with Crippen molar-refractivity contribution in [3.8, 4) is 0 Å². The number of nitrogens with zero attached hydrogens (tertiary/aromatic N) is 2. The monoisotopic (exact) mass is 668 g/mol. The first kappa shape index (κ1) is 36.7. The normalized spacial score (nSPS) is 28.1.